The fraction of sp³-hybridized carbons (Fsp3) is 0.304. The lowest BCUT2D eigenvalue weighted by Gasteiger charge is -2.32. The van der Waals surface area contributed by atoms with Gasteiger partial charge in [-0.2, -0.15) is 11.3 Å². The Labute approximate surface area is 190 Å². The van der Waals surface area contributed by atoms with E-state index in [1.807, 2.05) is 0 Å². The minimum atomic E-state index is -0.371. The molecule has 1 aliphatic rings. The number of thiophene rings is 1. The van der Waals surface area contributed by atoms with Gasteiger partial charge in [-0.25, -0.2) is 9.97 Å². The van der Waals surface area contributed by atoms with Crippen molar-refractivity contribution >= 4 is 29.0 Å². The number of ether oxygens (including phenoxy) is 1. The molecule has 3 heterocycles. The molecule has 3 aromatic rings. The predicted molar refractivity (Wildman–Crippen MR) is 123 cm³/mol. The number of carbonyl (C=O) groups is 2. The number of anilines is 1. The summed E-state index contributed by atoms with van der Waals surface area (Å²) < 4.78 is 5.11. The molecular weight excluding hydrogens is 426 g/mol. The summed E-state index contributed by atoms with van der Waals surface area (Å²) in [6, 6.07) is 8.90. The molecule has 1 fully saturated rings. The van der Waals surface area contributed by atoms with Gasteiger partial charge in [0.2, 0.25) is 0 Å². The van der Waals surface area contributed by atoms with Crippen molar-refractivity contribution in [3.8, 4) is 5.75 Å². The van der Waals surface area contributed by atoms with E-state index in [4.69, 9.17) is 4.74 Å². The van der Waals surface area contributed by atoms with E-state index in [0.717, 1.165) is 32.5 Å². The number of piperidine rings is 1. The van der Waals surface area contributed by atoms with Crippen LogP contribution in [0.5, 0.6) is 5.75 Å². The Morgan fingerprint density at radius 2 is 1.84 bits per heavy atom. The molecule has 2 N–H and O–H groups in total. The third kappa shape index (κ3) is 5.49. The normalized spacial score (nSPS) is 14.7. The maximum absolute atomic E-state index is 12.9. The average Bonchev–Trinajstić information content (AvgIpc) is 3.34. The van der Waals surface area contributed by atoms with Crippen LogP contribution < -0.4 is 15.4 Å². The van der Waals surface area contributed by atoms with Crippen molar-refractivity contribution in [2.45, 2.75) is 25.4 Å². The Morgan fingerprint density at radius 3 is 2.53 bits per heavy atom. The molecule has 32 heavy (non-hydrogen) atoms. The van der Waals surface area contributed by atoms with E-state index < -0.39 is 0 Å². The lowest BCUT2D eigenvalue weighted by atomic mass is 10.0. The van der Waals surface area contributed by atoms with Crippen LogP contribution in [-0.4, -0.2) is 52.9 Å². The van der Waals surface area contributed by atoms with Crippen LogP contribution in [0.25, 0.3) is 0 Å². The van der Waals surface area contributed by atoms with Crippen LogP contribution in [-0.2, 0) is 6.54 Å². The van der Waals surface area contributed by atoms with Crippen LogP contribution in [0.4, 0.5) is 5.82 Å². The number of hydrogen-bond acceptors (Lipinski definition) is 7. The monoisotopic (exact) mass is 451 g/mol. The molecule has 2 aromatic heterocycles. The summed E-state index contributed by atoms with van der Waals surface area (Å²) in [6.45, 7) is 2.78. The number of benzene rings is 1. The summed E-state index contributed by atoms with van der Waals surface area (Å²) in [5.74, 6) is 0.0894. The fourth-order valence-electron chi connectivity index (χ4n) is 3.65. The summed E-state index contributed by atoms with van der Waals surface area (Å²) in [6.07, 6.45) is 4.62. The molecule has 0 unspecified atom stereocenters. The first-order valence-corrected chi connectivity index (χ1v) is 11.4. The van der Waals surface area contributed by atoms with E-state index in [2.05, 4.69) is 42.3 Å². The minimum Gasteiger partial charge on any atom is -0.497 e. The predicted octanol–water partition coefficient (Wildman–Crippen LogP) is 3.19. The van der Waals surface area contributed by atoms with Crippen LogP contribution in [0.1, 0.15) is 39.3 Å². The number of aromatic nitrogens is 2. The van der Waals surface area contributed by atoms with Gasteiger partial charge in [-0.1, -0.05) is 0 Å². The van der Waals surface area contributed by atoms with E-state index in [1.165, 1.54) is 18.0 Å². The third-order valence-corrected chi connectivity index (χ3v) is 6.14. The van der Waals surface area contributed by atoms with Gasteiger partial charge in [0.05, 0.1) is 7.11 Å². The van der Waals surface area contributed by atoms with Crippen molar-refractivity contribution in [2.24, 2.45) is 0 Å². The highest BCUT2D eigenvalue weighted by Gasteiger charge is 2.24. The second-order valence-corrected chi connectivity index (χ2v) is 8.37. The van der Waals surface area contributed by atoms with Crippen LogP contribution >= 0.6 is 11.3 Å². The van der Waals surface area contributed by atoms with Crippen molar-refractivity contribution in [3.63, 3.8) is 0 Å². The number of carbonyl (C=O) groups excluding carboxylic acids is 2. The molecule has 0 saturated carbocycles. The summed E-state index contributed by atoms with van der Waals surface area (Å²) in [5, 5.41) is 10.0. The van der Waals surface area contributed by atoms with Gasteiger partial charge in [0.1, 0.15) is 5.75 Å². The van der Waals surface area contributed by atoms with Crippen molar-refractivity contribution < 1.29 is 14.3 Å². The van der Waals surface area contributed by atoms with E-state index >= 15 is 0 Å². The number of hydrogen-bond donors (Lipinski definition) is 2. The molecule has 1 aromatic carbocycles. The fourth-order valence-corrected chi connectivity index (χ4v) is 4.31. The SMILES string of the molecule is COc1ccc(C(=O)Nc2nccnc2C(=O)NC2CCN(Cc3ccsc3)CC2)cc1. The second kappa shape index (κ2) is 10.3. The highest BCUT2D eigenvalue weighted by atomic mass is 32.1. The number of nitrogens with one attached hydrogen (secondary N) is 2. The number of rotatable bonds is 7. The molecule has 0 radical (unpaired) electrons. The van der Waals surface area contributed by atoms with Crippen molar-refractivity contribution in [2.75, 3.05) is 25.5 Å². The van der Waals surface area contributed by atoms with Crippen LogP contribution in [0.15, 0.2) is 53.5 Å². The zero-order valence-corrected chi connectivity index (χ0v) is 18.6. The Bertz CT molecular complexity index is 1050. The van der Waals surface area contributed by atoms with Gasteiger partial charge in [-0.3, -0.25) is 14.5 Å². The van der Waals surface area contributed by atoms with Gasteiger partial charge in [-0.15, -0.1) is 0 Å². The number of methoxy groups -OCH3 is 1. The summed E-state index contributed by atoms with van der Waals surface area (Å²) in [5.41, 5.74) is 1.87. The van der Waals surface area contributed by atoms with E-state index in [-0.39, 0.29) is 29.4 Å². The average molecular weight is 452 g/mol. The van der Waals surface area contributed by atoms with Gasteiger partial charge < -0.3 is 15.4 Å². The minimum absolute atomic E-state index is 0.0633. The lowest BCUT2D eigenvalue weighted by Crippen LogP contribution is -2.44. The molecule has 166 valence electrons. The largest absolute Gasteiger partial charge is 0.497 e. The highest BCUT2D eigenvalue weighted by Crippen LogP contribution is 2.18. The third-order valence-electron chi connectivity index (χ3n) is 5.41. The topological polar surface area (TPSA) is 96.5 Å². The Balaban J connectivity index is 1.34. The van der Waals surface area contributed by atoms with Crippen molar-refractivity contribution in [3.05, 3.63) is 70.3 Å². The van der Waals surface area contributed by atoms with E-state index in [9.17, 15) is 9.59 Å². The first-order chi connectivity index (χ1) is 15.6. The molecular formula is C23H25N5O3S. The van der Waals surface area contributed by atoms with E-state index in [0.29, 0.717) is 11.3 Å². The molecule has 0 aliphatic carbocycles. The van der Waals surface area contributed by atoms with Gasteiger partial charge in [0.25, 0.3) is 11.8 Å². The lowest BCUT2D eigenvalue weighted by molar-refractivity contribution is 0.0904. The summed E-state index contributed by atoms with van der Waals surface area (Å²) in [7, 11) is 1.56. The van der Waals surface area contributed by atoms with Gasteiger partial charge in [0.15, 0.2) is 11.5 Å². The zero-order valence-electron chi connectivity index (χ0n) is 17.8. The Hall–Kier alpha value is -3.30. The molecule has 1 saturated heterocycles. The Kier molecular flexibility index (Phi) is 7.08. The van der Waals surface area contributed by atoms with Crippen LogP contribution in [0, 0.1) is 0 Å². The van der Waals surface area contributed by atoms with Crippen molar-refractivity contribution in [1.82, 2.24) is 20.2 Å². The van der Waals surface area contributed by atoms with Gasteiger partial charge in [-0.05, 0) is 59.5 Å². The molecule has 2 amide bonds. The number of nitrogens with zero attached hydrogens (tertiary/aromatic N) is 3. The molecule has 0 bridgehead atoms. The maximum Gasteiger partial charge on any atom is 0.273 e. The van der Waals surface area contributed by atoms with Gasteiger partial charge >= 0.3 is 0 Å². The number of likely N-dealkylation sites (tertiary alicyclic amines) is 1. The quantitative estimate of drug-likeness (QED) is 0.573. The highest BCUT2D eigenvalue weighted by molar-refractivity contribution is 7.07. The smallest absolute Gasteiger partial charge is 0.273 e. The van der Waals surface area contributed by atoms with Crippen LogP contribution in [0.2, 0.25) is 0 Å². The van der Waals surface area contributed by atoms with E-state index in [1.54, 1.807) is 42.7 Å². The summed E-state index contributed by atoms with van der Waals surface area (Å²) >= 11 is 1.71. The first kappa shape index (κ1) is 21.9. The molecule has 8 nitrogen and oxygen atoms in total. The summed E-state index contributed by atoms with van der Waals surface area (Å²) in [4.78, 5) is 36.2. The second-order valence-electron chi connectivity index (χ2n) is 7.59. The molecule has 1 aliphatic heterocycles. The molecule has 0 atom stereocenters. The Morgan fingerprint density at radius 1 is 1.09 bits per heavy atom. The van der Waals surface area contributed by atoms with Crippen LogP contribution in [0.3, 0.4) is 0 Å². The first-order valence-electron chi connectivity index (χ1n) is 10.4. The standard InChI is InChI=1S/C23H25N5O3S/c1-31-19-4-2-17(3-5-19)22(29)27-21-20(24-9-10-25-21)23(30)26-18-6-11-28(12-7-18)14-16-8-13-32-15-16/h2-5,8-10,13,15,18H,6-7,11-12,14H2,1H3,(H,26,30)(H,25,27,29). The zero-order chi connectivity index (χ0) is 22.3. The molecule has 0 spiro atoms. The molecule has 9 heteroatoms. The maximum atomic E-state index is 12.9. The van der Waals surface area contributed by atoms with Crippen molar-refractivity contribution in [1.29, 1.82) is 0 Å². The number of amides is 2. The molecule has 4 rings (SSSR count). The van der Waals surface area contributed by atoms with Gasteiger partial charge in [0, 0.05) is 43.6 Å².